The molecular formula is C27H32FN3O4S2. The fourth-order valence-corrected chi connectivity index (χ4v) is 7.60. The predicted octanol–water partition coefficient (Wildman–Crippen LogP) is 5.17. The number of thiazole rings is 1. The van der Waals surface area contributed by atoms with Gasteiger partial charge in [-0.1, -0.05) is 37.3 Å². The lowest BCUT2D eigenvalue weighted by Crippen LogP contribution is -2.46. The number of sulfonamides is 1. The molecule has 2 aliphatic heterocycles. The summed E-state index contributed by atoms with van der Waals surface area (Å²) in [5, 5.41) is 0.671. The molecule has 2 saturated heterocycles. The Kier molecular flexibility index (Phi) is 7.63. The van der Waals surface area contributed by atoms with Gasteiger partial charge in [0.2, 0.25) is 15.9 Å². The Morgan fingerprint density at radius 2 is 1.89 bits per heavy atom. The average molecular weight is 546 g/mol. The number of halogens is 1. The Morgan fingerprint density at radius 3 is 2.54 bits per heavy atom. The van der Waals surface area contributed by atoms with Gasteiger partial charge < -0.3 is 4.74 Å². The van der Waals surface area contributed by atoms with Crippen LogP contribution in [0.2, 0.25) is 0 Å². The Morgan fingerprint density at radius 1 is 1.16 bits per heavy atom. The molecule has 2 aromatic carbocycles. The summed E-state index contributed by atoms with van der Waals surface area (Å²) in [5.74, 6) is -0.504. The number of nitrogens with zero attached hydrogens (tertiary/aromatic N) is 3. The van der Waals surface area contributed by atoms with Crippen LogP contribution in [0.4, 0.5) is 9.52 Å². The van der Waals surface area contributed by atoms with Crippen molar-refractivity contribution in [1.82, 2.24) is 9.29 Å². The second-order valence-electron chi connectivity index (χ2n) is 10.1. The monoisotopic (exact) mass is 545 g/mol. The first kappa shape index (κ1) is 26.2. The molecule has 0 N–H and O–H groups in total. The first-order valence-electron chi connectivity index (χ1n) is 12.8. The third-order valence-corrected chi connectivity index (χ3v) is 10.2. The van der Waals surface area contributed by atoms with Crippen molar-refractivity contribution in [2.45, 2.75) is 56.4 Å². The molecule has 1 aromatic heterocycles. The molecule has 198 valence electrons. The standard InChI is InChI=1S/C27H32FN3O4S2/c1-18(2)23-6-3-7-24-25(23)29-27(36-24)31(17-21-5-4-16-35-21)26(32)19-12-14-30(15-13-19)37(33,34)22-10-8-20(28)9-11-22/h3,6-11,18-19,21H,4-5,12-17H2,1-2H3. The van der Waals surface area contributed by atoms with Crippen molar-refractivity contribution < 1.29 is 22.3 Å². The van der Waals surface area contributed by atoms with Gasteiger partial charge >= 0.3 is 0 Å². The van der Waals surface area contributed by atoms with Gasteiger partial charge in [-0.25, -0.2) is 17.8 Å². The van der Waals surface area contributed by atoms with Gasteiger partial charge in [-0.15, -0.1) is 0 Å². The van der Waals surface area contributed by atoms with Crippen molar-refractivity contribution in [1.29, 1.82) is 0 Å². The fraction of sp³-hybridized carbons (Fsp3) is 0.481. The Hall–Kier alpha value is -2.40. The summed E-state index contributed by atoms with van der Waals surface area (Å²) in [5.41, 5.74) is 2.09. The minimum atomic E-state index is -3.74. The lowest BCUT2D eigenvalue weighted by Gasteiger charge is -2.33. The number of para-hydroxylation sites is 1. The van der Waals surface area contributed by atoms with Gasteiger partial charge in [0.1, 0.15) is 5.82 Å². The predicted molar refractivity (Wildman–Crippen MR) is 143 cm³/mol. The van der Waals surface area contributed by atoms with Crippen LogP contribution in [0.25, 0.3) is 10.2 Å². The van der Waals surface area contributed by atoms with Gasteiger partial charge in [0.25, 0.3) is 0 Å². The van der Waals surface area contributed by atoms with E-state index in [1.807, 2.05) is 12.1 Å². The van der Waals surface area contributed by atoms with E-state index in [1.54, 1.807) is 4.90 Å². The largest absolute Gasteiger partial charge is 0.376 e. The highest BCUT2D eigenvalue weighted by atomic mass is 32.2. The first-order chi connectivity index (χ1) is 17.7. The molecule has 1 unspecified atom stereocenters. The normalized spacial score (nSPS) is 19.6. The van der Waals surface area contributed by atoms with Crippen LogP contribution in [0.5, 0.6) is 0 Å². The number of hydrogen-bond acceptors (Lipinski definition) is 6. The third kappa shape index (κ3) is 5.43. The summed E-state index contributed by atoms with van der Waals surface area (Å²) in [7, 11) is -3.74. The molecule has 1 atom stereocenters. The summed E-state index contributed by atoms with van der Waals surface area (Å²) >= 11 is 1.52. The summed E-state index contributed by atoms with van der Waals surface area (Å²) < 4.78 is 47.6. The van der Waals surface area contributed by atoms with Crippen molar-refractivity contribution >= 4 is 42.6 Å². The number of rotatable bonds is 7. The highest BCUT2D eigenvalue weighted by molar-refractivity contribution is 7.89. The molecule has 1 amide bonds. The van der Waals surface area contributed by atoms with E-state index in [2.05, 4.69) is 19.9 Å². The summed E-state index contributed by atoms with van der Waals surface area (Å²) in [4.78, 5) is 20.6. The van der Waals surface area contributed by atoms with E-state index in [0.29, 0.717) is 37.0 Å². The smallest absolute Gasteiger partial charge is 0.243 e. The molecule has 0 spiro atoms. The van der Waals surface area contributed by atoms with Gasteiger partial charge in [-0.2, -0.15) is 4.31 Å². The van der Waals surface area contributed by atoms with Crippen LogP contribution in [-0.2, 0) is 19.6 Å². The van der Waals surface area contributed by atoms with E-state index >= 15 is 0 Å². The molecule has 3 heterocycles. The van der Waals surface area contributed by atoms with Crippen LogP contribution < -0.4 is 4.90 Å². The maximum atomic E-state index is 13.9. The molecule has 0 radical (unpaired) electrons. The number of hydrogen-bond donors (Lipinski definition) is 0. The molecule has 37 heavy (non-hydrogen) atoms. The van der Waals surface area contributed by atoms with Crippen LogP contribution in [0.15, 0.2) is 47.4 Å². The van der Waals surface area contributed by atoms with Crippen LogP contribution in [0.1, 0.15) is 51.0 Å². The number of carbonyl (C=O) groups excluding carboxylic acids is 1. The summed E-state index contributed by atoms with van der Waals surface area (Å²) in [6, 6.07) is 11.0. The maximum absolute atomic E-state index is 13.9. The number of carbonyl (C=O) groups is 1. The Labute approximate surface area is 221 Å². The number of aromatic nitrogens is 1. The maximum Gasteiger partial charge on any atom is 0.243 e. The number of anilines is 1. The van der Waals surface area contributed by atoms with Crippen molar-refractivity contribution in [3.63, 3.8) is 0 Å². The van der Waals surface area contributed by atoms with Gasteiger partial charge in [-0.05, 0) is 67.5 Å². The zero-order valence-corrected chi connectivity index (χ0v) is 22.7. The number of amides is 1. The van der Waals surface area contributed by atoms with Gasteiger partial charge in [0.15, 0.2) is 5.13 Å². The van der Waals surface area contributed by atoms with Crippen LogP contribution in [0, 0.1) is 11.7 Å². The van der Waals surface area contributed by atoms with E-state index in [0.717, 1.165) is 40.8 Å². The van der Waals surface area contributed by atoms with E-state index in [-0.39, 0.29) is 35.9 Å². The van der Waals surface area contributed by atoms with Gasteiger partial charge in [-0.3, -0.25) is 9.69 Å². The van der Waals surface area contributed by atoms with Gasteiger partial charge in [0, 0.05) is 25.6 Å². The Balaban J connectivity index is 1.36. The highest BCUT2D eigenvalue weighted by Crippen LogP contribution is 2.36. The Bertz CT molecular complexity index is 1360. The topological polar surface area (TPSA) is 79.8 Å². The van der Waals surface area contributed by atoms with E-state index in [4.69, 9.17) is 9.72 Å². The third-order valence-electron chi connectivity index (χ3n) is 7.22. The number of benzene rings is 2. The van der Waals surface area contributed by atoms with E-state index in [1.165, 1.54) is 27.8 Å². The molecular weight excluding hydrogens is 513 g/mol. The fourth-order valence-electron chi connectivity index (χ4n) is 5.11. The molecule has 2 aliphatic rings. The van der Waals surface area contributed by atoms with Crippen molar-refractivity contribution in [2.24, 2.45) is 5.92 Å². The lowest BCUT2D eigenvalue weighted by molar-refractivity contribution is -0.123. The quantitative estimate of drug-likeness (QED) is 0.409. The summed E-state index contributed by atoms with van der Waals surface area (Å²) in [6.45, 7) is 5.89. The minimum absolute atomic E-state index is 0.0283. The molecule has 7 nitrogen and oxygen atoms in total. The molecule has 2 fully saturated rings. The van der Waals surface area contributed by atoms with Crippen molar-refractivity contribution in [2.75, 3.05) is 31.1 Å². The minimum Gasteiger partial charge on any atom is -0.376 e. The first-order valence-corrected chi connectivity index (χ1v) is 15.1. The van der Waals surface area contributed by atoms with Gasteiger partial charge in [0.05, 0.1) is 27.8 Å². The molecule has 3 aromatic rings. The molecule has 0 bridgehead atoms. The molecule has 5 rings (SSSR count). The van der Waals surface area contributed by atoms with Crippen LogP contribution in [0.3, 0.4) is 0 Å². The molecule has 0 aliphatic carbocycles. The van der Waals surface area contributed by atoms with Crippen molar-refractivity contribution in [3.05, 3.63) is 53.8 Å². The number of piperidine rings is 1. The molecule has 0 saturated carbocycles. The second kappa shape index (κ2) is 10.8. The zero-order valence-electron chi connectivity index (χ0n) is 21.1. The van der Waals surface area contributed by atoms with Crippen LogP contribution in [-0.4, -0.2) is 56.0 Å². The van der Waals surface area contributed by atoms with E-state index in [9.17, 15) is 17.6 Å². The molecule has 10 heteroatoms. The zero-order chi connectivity index (χ0) is 26.2. The second-order valence-corrected chi connectivity index (χ2v) is 13.0. The van der Waals surface area contributed by atoms with E-state index < -0.39 is 15.8 Å². The van der Waals surface area contributed by atoms with Crippen molar-refractivity contribution in [3.8, 4) is 0 Å². The SMILES string of the molecule is CC(C)c1cccc2sc(N(CC3CCCO3)C(=O)C3CCN(S(=O)(=O)c4ccc(F)cc4)CC3)nc12. The highest BCUT2D eigenvalue weighted by Gasteiger charge is 2.36. The average Bonchev–Trinajstić information content (AvgIpc) is 3.56. The number of fused-ring (bicyclic) bond motifs is 1. The van der Waals surface area contributed by atoms with Crippen LogP contribution >= 0.6 is 11.3 Å². The lowest BCUT2D eigenvalue weighted by atomic mass is 9.96. The summed E-state index contributed by atoms with van der Waals surface area (Å²) in [6.07, 6.45) is 2.69. The number of ether oxygens (including phenoxy) is 1.